The summed E-state index contributed by atoms with van der Waals surface area (Å²) in [6.07, 6.45) is 2.17. The molecule has 1 amide bonds. The molecule has 128 valence electrons. The molecule has 0 fully saturated rings. The zero-order chi connectivity index (χ0) is 17.2. The highest BCUT2D eigenvalue weighted by Crippen LogP contribution is 2.27. The summed E-state index contributed by atoms with van der Waals surface area (Å²) in [7, 11) is 0. The zero-order valence-corrected chi connectivity index (χ0v) is 14.4. The highest BCUT2D eigenvalue weighted by atomic mass is 16.3. The van der Waals surface area contributed by atoms with Crippen LogP contribution in [0, 0.1) is 0 Å². The molecule has 3 aromatic rings. The van der Waals surface area contributed by atoms with E-state index in [1.807, 2.05) is 43.3 Å². The first-order chi connectivity index (χ1) is 12.2. The first-order valence-electron chi connectivity index (χ1n) is 8.81. The van der Waals surface area contributed by atoms with Crippen LogP contribution in [0.1, 0.15) is 30.7 Å². The maximum Gasteiger partial charge on any atom is 0.240 e. The Labute approximate surface area is 147 Å². The third-order valence-corrected chi connectivity index (χ3v) is 4.79. The fourth-order valence-electron chi connectivity index (χ4n) is 3.52. The quantitative estimate of drug-likeness (QED) is 0.782. The van der Waals surface area contributed by atoms with E-state index >= 15 is 0 Å². The van der Waals surface area contributed by atoms with Crippen molar-refractivity contribution in [1.82, 2.24) is 5.32 Å². The van der Waals surface area contributed by atoms with Crippen LogP contribution in [0.4, 0.5) is 5.69 Å². The van der Waals surface area contributed by atoms with Crippen molar-refractivity contribution in [3.05, 3.63) is 65.9 Å². The third-order valence-electron chi connectivity index (χ3n) is 4.79. The van der Waals surface area contributed by atoms with Crippen molar-refractivity contribution in [1.29, 1.82) is 0 Å². The van der Waals surface area contributed by atoms with Gasteiger partial charge in [-0.15, -0.1) is 0 Å². The zero-order valence-electron chi connectivity index (χ0n) is 14.4. The van der Waals surface area contributed by atoms with Gasteiger partial charge in [0.1, 0.15) is 11.3 Å². The van der Waals surface area contributed by atoms with Gasteiger partial charge in [0.2, 0.25) is 5.91 Å². The summed E-state index contributed by atoms with van der Waals surface area (Å²) < 4.78 is 5.85. The predicted octanol–water partition coefficient (Wildman–Crippen LogP) is 4.06. The first-order valence-corrected chi connectivity index (χ1v) is 8.81. The summed E-state index contributed by atoms with van der Waals surface area (Å²) in [5, 5.41) is 4.12. The molecule has 1 aromatic heterocycles. The van der Waals surface area contributed by atoms with Crippen LogP contribution in [0.3, 0.4) is 0 Å². The molecule has 1 unspecified atom stereocenters. The number of benzene rings is 2. The number of furan rings is 1. The third kappa shape index (κ3) is 3.25. The Morgan fingerprint density at radius 2 is 2.00 bits per heavy atom. The van der Waals surface area contributed by atoms with Gasteiger partial charge in [-0.05, 0) is 43.5 Å². The number of para-hydroxylation sites is 2. The number of hydrogen-bond donors (Lipinski definition) is 1. The lowest BCUT2D eigenvalue weighted by Crippen LogP contribution is -2.40. The number of amides is 1. The Kier molecular flexibility index (Phi) is 4.18. The molecule has 25 heavy (non-hydrogen) atoms. The van der Waals surface area contributed by atoms with E-state index in [2.05, 4.69) is 28.4 Å². The fraction of sp³-hybridized carbons (Fsp3) is 0.286. The molecule has 4 nitrogen and oxygen atoms in total. The smallest absolute Gasteiger partial charge is 0.240 e. The number of carbonyl (C=O) groups is 1. The maximum atomic E-state index is 12.5. The number of nitrogens with zero attached hydrogens (tertiary/aromatic N) is 1. The first kappa shape index (κ1) is 15.8. The van der Waals surface area contributed by atoms with Crippen molar-refractivity contribution in [2.45, 2.75) is 25.8 Å². The van der Waals surface area contributed by atoms with E-state index in [4.69, 9.17) is 4.42 Å². The van der Waals surface area contributed by atoms with Gasteiger partial charge < -0.3 is 14.6 Å². The molecule has 0 spiro atoms. The van der Waals surface area contributed by atoms with E-state index in [1.54, 1.807) is 0 Å². The summed E-state index contributed by atoms with van der Waals surface area (Å²) in [5.41, 5.74) is 3.36. The maximum absolute atomic E-state index is 12.5. The van der Waals surface area contributed by atoms with Gasteiger partial charge in [-0.1, -0.05) is 36.4 Å². The topological polar surface area (TPSA) is 45.5 Å². The van der Waals surface area contributed by atoms with E-state index in [1.165, 1.54) is 11.3 Å². The van der Waals surface area contributed by atoms with Crippen molar-refractivity contribution in [2.75, 3.05) is 18.0 Å². The van der Waals surface area contributed by atoms with E-state index in [-0.39, 0.29) is 11.9 Å². The van der Waals surface area contributed by atoms with Gasteiger partial charge in [-0.2, -0.15) is 0 Å². The molecule has 0 aliphatic carbocycles. The molecule has 4 heteroatoms. The molecule has 1 aliphatic rings. The van der Waals surface area contributed by atoms with Crippen LogP contribution in [-0.4, -0.2) is 19.0 Å². The highest BCUT2D eigenvalue weighted by Gasteiger charge is 2.20. The number of rotatable bonds is 4. The monoisotopic (exact) mass is 334 g/mol. The Morgan fingerprint density at radius 1 is 1.20 bits per heavy atom. The van der Waals surface area contributed by atoms with Gasteiger partial charge in [0.25, 0.3) is 0 Å². The van der Waals surface area contributed by atoms with Gasteiger partial charge in [0, 0.05) is 17.6 Å². The standard InChI is InChI=1S/C21H22N2O2/c1-15(20-13-17-8-3-5-11-19(17)25-20)22-21(24)14-23-12-6-9-16-7-2-4-10-18(16)23/h2-5,7-8,10-11,13,15H,6,9,12,14H2,1H3,(H,22,24). The van der Waals surface area contributed by atoms with Crippen molar-refractivity contribution >= 4 is 22.6 Å². The second kappa shape index (κ2) is 6.63. The molecule has 1 N–H and O–H groups in total. The van der Waals surface area contributed by atoms with Gasteiger partial charge in [-0.3, -0.25) is 4.79 Å². The second-order valence-electron chi connectivity index (χ2n) is 6.63. The largest absolute Gasteiger partial charge is 0.459 e. The summed E-state index contributed by atoms with van der Waals surface area (Å²) in [4.78, 5) is 14.7. The van der Waals surface area contributed by atoms with Crippen molar-refractivity contribution < 1.29 is 9.21 Å². The molecule has 0 saturated carbocycles. The minimum Gasteiger partial charge on any atom is -0.459 e. The van der Waals surface area contributed by atoms with Crippen LogP contribution in [0.5, 0.6) is 0 Å². The summed E-state index contributed by atoms with van der Waals surface area (Å²) >= 11 is 0. The molecule has 2 aromatic carbocycles. The SMILES string of the molecule is CC(NC(=O)CN1CCCc2ccccc21)c1cc2ccccc2o1. The van der Waals surface area contributed by atoms with Crippen molar-refractivity contribution in [3.63, 3.8) is 0 Å². The van der Waals surface area contributed by atoms with Crippen LogP contribution >= 0.6 is 0 Å². The fourth-order valence-corrected chi connectivity index (χ4v) is 3.52. The Bertz CT molecular complexity index is 867. The van der Waals surface area contributed by atoms with Crippen LogP contribution in [0.2, 0.25) is 0 Å². The number of hydrogen-bond acceptors (Lipinski definition) is 3. The number of carbonyl (C=O) groups excluding carboxylic acids is 1. The Hall–Kier alpha value is -2.75. The summed E-state index contributed by atoms with van der Waals surface area (Å²) in [6.45, 7) is 3.25. The van der Waals surface area contributed by atoms with Crippen LogP contribution in [0.25, 0.3) is 11.0 Å². The minimum atomic E-state index is -0.153. The van der Waals surface area contributed by atoms with Crippen molar-refractivity contribution in [3.8, 4) is 0 Å². The minimum absolute atomic E-state index is 0.0182. The van der Waals surface area contributed by atoms with E-state index in [9.17, 15) is 4.79 Å². The van der Waals surface area contributed by atoms with Gasteiger partial charge >= 0.3 is 0 Å². The van der Waals surface area contributed by atoms with Gasteiger partial charge in [-0.25, -0.2) is 0 Å². The van der Waals surface area contributed by atoms with Crippen LogP contribution in [0.15, 0.2) is 59.0 Å². The number of aryl methyl sites for hydroxylation is 1. The summed E-state index contributed by atoms with van der Waals surface area (Å²) in [6, 6.07) is 18.1. The molecule has 1 atom stereocenters. The van der Waals surface area contributed by atoms with E-state index in [0.717, 1.165) is 36.1 Å². The van der Waals surface area contributed by atoms with Gasteiger partial charge in [0.15, 0.2) is 0 Å². The average Bonchev–Trinajstić information content (AvgIpc) is 3.06. The normalized spacial score (nSPS) is 15.0. The summed E-state index contributed by atoms with van der Waals surface area (Å²) in [5.74, 6) is 0.804. The van der Waals surface area contributed by atoms with Crippen molar-refractivity contribution in [2.24, 2.45) is 0 Å². The number of fused-ring (bicyclic) bond motifs is 2. The van der Waals surface area contributed by atoms with E-state index in [0.29, 0.717) is 6.54 Å². The molecule has 0 bridgehead atoms. The Balaban J connectivity index is 1.44. The van der Waals surface area contributed by atoms with E-state index < -0.39 is 0 Å². The molecule has 4 rings (SSSR count). The molecule has 0 radical (unpaired) electrons. The number of anilines is 1. The molecular weight excluding hydrogens is 312 g/mol. The Morgan fingerprint density at radius 3 is 2.88 bits per heavy atom. The van der Waals surface area contributed by atoms with Gasteiger partial charge in [0.05, 0.1) is 12.6 Å². The highest BCUT2D eigenvalue weighted by molar-refractivity contribution is 5.83. The van der Waals surface area contributed by atoms with Crippen LogP contribution in [-0.2, 0) is 11.2 Å². The lowest BCUT2D eigenvalue weighted by atomic mass is 10.0. The average molecular weight is 334 g/mol. The number of nitrogens with one attached hydrogen (secondary N) is 1. The molecular formula is C21H22N2O2. The molecule has 0 saturated heterocycles. The molecule has 2 heterocycles. The van der Waals surface area contributed by atoms with Crippen LogP contribution < -0.4 is 10.2 Å². The lowest BCUT2D eigenvalue weighted by Gasteiger charge is -2.31. The predicted molar refractivity (Wildman–Crippen MR) is 99.7 cm³/mol. The lowest BCUT2D eigenvalue weighted by molar-refractivity contribution is -0.120. The second-order valence-corrected chi connectivity index (χ2v) is 6.63. The molecule has 1 aliphatic heterocycles.